The molecule has 0 aliphatic heterocycles. The second-order valence-electron chi connectivity index (χ2n) is 4.37. The van der Waals surface area contributed by atoms with Gasteiger partial charge in [-0.3, -0.25) is 0 Å². The summed E-state index contributed by atoms with van der Waals surface area (Å²) in [5.41, 5.74) is 0.905. The summed E-state index contributed by atoms with van der Waals surface area (Å²) in [6, 6.07) is 11.7. The highest BCUT2D eigenvalue weighted by atomic mass is 79.9. The van der Waals surface area contributed by atoms with Gasteiger partial charge in [-0.2, -0.15) is 0 Å². The molecule has 2 aromatic rings. The topological polar surface area (TPSA) is 35.5 Å². The zero-order chi connectivity index (χ0) is 15.2. The summed E-state index contributed by atoms with van der Waals surface area (Å²) in [7, 11) is 0. The molecule has 0 spiro atoms. The number of aryl methyl sites for hydroxylation is 1. The molecule has 0 fully saturated rings. The van der Waals surface area contributed by atoms with Gasteiger partial charge in [0.25, 0.3) is 0 Å². The Balaban J connectivity index is 1.85. The fourth-order valence-electron chi connectivity index (χ4n) is 1.74. The third kappa shape index (κ3) is 4.29. The number of carbonyl (C=O) groups is 1. The molecule has 0 bridgehead atoms. The van der Waals surface area contributed by atoms with Crippen LogP contribution in [0, 0.1) is 12.7 Å². The first-order valence-corrected chi connectivity index (χ1v) is 7.18. The van der Waals surface area contributed by atoms with Crippen LogP contribution in [0.25, 0.3) is 0 Å². The highest BCUT2D eigenvalue weighted by molar-refractivity contribution is 9.10. The Morgan fingerprint density at radius 2 is 1.95 bits per heavy atom. The lowest BCUT2D eigenvalue weighted by atomic mass is 10.2. The van der Waals surface area contributed by atoms with Gasteiger partial charge in [0.1, 0.15) is 24.8 Å². The van der Waals surface area contributed by atoms with Crippen LogP contribution in [0.3, 0.4) is 0 Å². The minimum Gasteiger partial charge on any atom is -0.490 e. The van der Waals surface area contributed by atoms with Crippen molar-refractivity contribution in [2.45, 2.75) is 6.92 Å². The molecule has 110 valence electrons. The first kappa shape index (κ1) is 15.5. The minimum atomic E-state index is -0.706. The zero-order valence-electron chi connectivity index (χ0n) is 11.4. The van der Waals surface area contributed by atoms with Gasteiger partial charge in [0.2, 0.25) is 0 Å². The fourth-order valence-corrected chi connectivity index (χ4v) is 2.10. The highest BCUT2D eigenvalue weighted by Crippen LogP contribution is 2.17. The Kier molecular flexibility index (Phi) is 5.33. The maximum absolute atomic E-state index is 13.5. The molecule has 0 aromatic heterocycles. The third-order valence-electron chi connectivity index (χ3n) is 2.82. The van der Waals surface area contributed by atoms with Crippen molar-refractivity contribution in [1.29, 1.82) is 0 Å². The van der Waals surface area contributed by atoms with Crippen LogP contribution < -0.4 is 4.74 Å². The first-order valence-electron chi connectivity index (χ1n) is 6.38. The van der Waals surface area contributed by atoms with Gasteiger partial charge >= 0.3 is 5.97 Å². The van der Waals surface area contributed by atoms with E-state index in [4.69, 9.17) is 9.47 Å². The number of hydrogen-bond acceptors (Lipinski definition) is 3. The van der Waals surface area contributed by atoms with E-state index in [9.17, 15) is 9.18 Å². The van der Waals surface area contributed by atoms with Crippen molar-refractivity contribution < 1.29 is 18.7 Å². The summed E-state index contributed by atoms with van der Waals surface area (Å²) >= 11 is 3.19. The Bertz CT molecular complexity index is 643. The monoisotopic (exact) mass is 352 g/mol. The van der Waals surface area contributed by atoms with E-state index in [1.54, 1.807) is 0 Å². The molecule has 2 rings (SSSR count). The maximum Gasteiger partial charge on any atom is 0.341 e. The lowest BCUT2D eigenvalue weighted by Crippen LogP contribution is -2.13. The van der Waals surface area contributed by atoms with Gasteiger partial charge in [0.05, 0.1) is 5.56 Å². The molecule has 3 nitrogen and oxygen atoms in total. The second-order valence-corrected chi connectivity index (χ2v) is 5.29. The van der Waals surface area contributed by atoms with E-state index >= 15 is 0 Å². The van der Waals surface area contributed by atoms with Crippen LogP contribution in [-0.4, -0.2) is 19.2 Å². The van der Waals surface area contributed by atoms with E-state index in [1.807, 2.05) is 31.2 Å². The quantitative estimate of drug-likeness (QED) is 0.599. The van der Waals surface area contributed by atoms with E-state index in [0.717, 1.165) is 11.3 Å². The van der Waals surface area contributed by atoms with E-state index in [1.165, 1.54) is 18.2 Å². The Morgan fingerprint density at radius 3 is 2.71 bits per heavy atom. The molecule has 0 unspecified atom stereocenters. The number of halogens is 2. The number of ether oxygens (including phenoxy) is 2. The van der Waals surface area contributed by atoms with Crippen LogP contribution in [0.5, 0.6) is 5.75 Å². The van der Waals surface area contributed by atoms with Crippen LogP contribution in [-0.2, 0) is 4.74 Å². The van der Waals surface area contributed by atoms with E-state index in [0.29, 0.717) is 4.47 Å². The highest BCUT2D eigenvalue weighted by Gasteiger charge is 2.13. The number of benzene rings is 2. The molecule has 0 saturated heterocycles. The molecule has 0 heterocycles. The molecule has 5 heteroatoms. The molecule has 0 amide bonds. The van der Waals surface area contributed by atoms with Crippen molar-refractivity contribution in [3.63, 3.8) is 0 Å². The van der Waals surface area contributed by atoms with Crippen LogP contribution in [0.15, 0.2) is 46.9 Å². The van der Waals surface area contributed by atoms with Crippen molar-refractivity contribution in [2.75, 3.05) is 13.2 Å². The molecule has 2 aromatic carbocycles. The summed E-state index contributed by atoms with van der Waals surface area (Å²) in [5, 5.41) is 0. The maximum atomic E-state index is 13.5. The number of esters is 1. The number of hydrogen-bond donors (Lipinski definition) is 0. The first-order chi connectivity index (χ1) is 10.1. The molecule has 0 N–H and O–H groups in total. The predicted molar refractivity (Wildman–Crippen MR) is 81.1 cm³/mol. The van der Waals surface area contributed by atoms with Crippen molar-refractivity contribution in [1.82, 2.24) is 0 Å². The van der Waals surface area contributed by atoms with Gasteiger partial charge in [-0.15, -0.1) is 0 Å². The van der Waals surface area contributed by atoms with Gasteiger partial charge < -0.3 is 9.47 Å². The Labute approximate surface area is 130 Å². The summed E-state index contributed by atoms with van der Waals surface area (Å²) in [4.78, 5) is 11.8. The lowest BCUT2D eigenvalue weighted by Gasteiger charge is -2.09. The lowest BCUT2D eigenvalue weighted by molar-refractivity contribution is 0.0445. The SMILES string of the molecule is Cc1ccccc1OCCOC(=O)c1cc(Br)ccc1F. The molecule has 21 heavy (non-hydrogen) atoms. The molecule has 0 radical (unpaired) electrons. The van der Waals surface area contributed by atoms with Crippen molar-refractivity contribution in [3.05, 3.63) is 63.9 Å². The molecular formula is C16H14BrFO3. The van der Waals surface area contributed by atoms with Crippen LogP contribution in [0.2, 0.25) is 0 Å². The summed E-state index contributed by atoms with van der Waals surface area (Å²) in [6.07, 6.45) is 0. The Hall–Kier alpha value is -1.88. The molecule has 0 aliphatic rings. The zero-order valence-corrected chi connectivity index (χ0v) is 13.0. The Morgan fingerprint density at radius 1 is 1.19 bits per heavy atom. The smallest absolute Gasteiger partial charge is 0.341 e. The molecule has 0 aliphatic carbocycles. The standard InChI is InChI=1S/C16H14BrFO3/c1-11-4-2-3-5-15(11)20-8-9-21-16(19)13-10-12(17)6-7-14(13)18/h2-7,10H,8-9H2,1H3. The van der Waals surface area contributed by atoms with Gasteiger partial charge in [0, 0.05) is 4.47 Å². The van der Waals surface area contributed by atoms with Gasteiger partial charge in [-0.05, 0) is 36.8 Å². The normalized spacial score (nSPS) is 10.2. The molecule has 0 saturated carbocycles. The van der Waals surface area contributed by atoms with Crippen molar-refractivity contribution in [3.8, 4) is 5.75 Å². The summed E-state index contributed by atoms with van der Waals surface area (Å²) in [5.74, 6) is -0.576. The number of carbonyl (C=O) groups excluding carboxylic acids is 1. The van der Waals surface area contributed by atoms with E-state index < -0.39 is 11.8 Å². The van der Waals surface area contributed by atoms with Crippen molar-refractivity contribution >= 4 is 21.9 Å². The summed E-state index contributed by atoms with van der Waals surface area (Å²) < 4.78 is 24.6. The van der Waals surface area contributed by atoms with Crippen LogP contribution in [0.1, 0.15) is 15.9 Å². The predicted octanol–water partition coefficient (Wildman–Crippen LogP) is 4.13. The molecular weight excluding hydrogens is 339 g/mol. The second kappa shape index (κ2) is 7.22. The largest absolute Gasteiger partial charge is 0.490 e. The number of para-hydroxylation sites is 1. The van der Waals surface area contributed by atoms with Crippen LogP contribution >= 0.6 is 15.9 Å². The summed E-state index contributed by atoms with van der Waals surface area (Å²) in [6.45, 7) is 2.20. The van der Waals surface area contributed by atoms with Crippen molar-refractivity contribution in [2.24, 2.45) is 0 Å². The minimum absolute atomic E-state index is 0.0547. The fraction of sp³-hybridized carbons (Fsp3) is 0.188. The average Bonchev–Trinajstić information content (AvgIpc) is 2.47. The van der Waals surface area contributed by atoms with E-state index in [-0.39, 0.29) is 18.8 Å². The average molecular weight is 353 g/mol. The third-order valence-corrected chi connectivity index (χ3v) is 3.31. The van der Waals surface area contributed by atoms with Gasteiger partial charge in [-0.25, -0.2) is 9.18 Å². The van der Waals surface area contributed by atoms with Gasteiger partial charge in [-0.1, -0.05) is 34.1 Å². The van der Waals surface area contributed by atoms with Gasteiger partial charge in [0.15, 0.2) is 0 Å². The van der Waals surface area contributed by atoms with E-state index in [2.05, 4.69) is 15.9 Å². The number of rotatable bonds is 5. The molecule has 0 atom stereocenters. The van der Waals surface area contributed by atoms with Crippen LogP contribution in [0.4, 0.5) is 4.39 Å².